The number of aliphatic hydroxyl groups is 1. The number of β-amino-alcohol motifs (C(OH)–C–C–N with tert-alkyl or cyclic N) is 1. The van der Waals surface area contributed by atoms with Gasteiger partial charge in [0.15, 0.2) is 0 Å². The molecule has 1 fully saturated rings. The molecule has 7 nitrogen and oxygen atoms in total. The second-order valence-corrected chi connectivity index (χ2v) is 8.32. The van der Waals surface area contributed by atoms with Crippen LogP contribution in [-0.2, 0) is 11.2 Å². The number of nitrogens with one attached hydrogen (secondary N) is 1. The Morgan fingerprint density at radius 3 is 2.68 bits per heavy atom. The Hall–Kier alpha value is -2.48. The number of carbonyl (C=O) groups is 1. The van der Waals surface area contributed by atoms with Gasteiger partial charge in [0.1, 0.15) is 24.2 Å². The summed E-state index contributed by atoms with van der Waals surface area (Å²) >= 11 is 6.33. The molecular weight excluding hydrogens is 418 g/mol. The average Bonchev–Trinajstić information content (AvgIpc) is 2.78. The third-order valence-corrected chi connectivity index (χ3v) is 6.05. The molecule has 2 aliphatic rings. The van der Waals surface area contributed by atoms with Crippen LogP contribution in [-0.4, -0.2) is 68.5 Å². The molecule has 0 aromatic heterocycles. The van der Waals surface area contributed by atoms with Crippen molar-refractivity contribution in [3.8, 4) is 11.5 Å². The van der Waals surface area contributed by atoms with Gasteiger partial charge in [-0.05, 0) is 30.2 Å². The van der Waals surface area contributed by atoms with Crippen molar-refractivity contribution >= 4 is 28.9 Å². The highest BCUT2D eigenvalue weighted by Crippen LogP contribution is 2.34. The number of hydrogen-bond donors (Lipinski definition) is 2. The van der Waals surface area contributed by atoms with Crippen LogP contribution < -0.4 is 19.7 Å². The van der Waals surface area contributed by atoms with Crippen LogP contribution in [0.4, 0.5) is 11.4 Å². The minimum absolute atomic E-state index is 0.00641. The fraction of sp³-hybridized carbons (Fsp3) is 0.435. The van der Waals surface area contributed by atoms with Gasteiger partial charge in [-0.2, -0.15) is 0 Å². The molecule has 4 rings (SSSR count). The first kappa shape index (κ1) is 21.7. The first-order valence-corrected chi connectivity index (χ1v) is 10.9. The van der Waals surface area contributed by atoms with E-state index in [0.29, 0.717) is 30.2 Å². The van der Waals surface area contributed by atoms with Gasteiger partial charge in [0.05, 0.1) is 17.8 Å². The largest absolute Gasteiger partial charge is 0.495 e. The molecule has 2 N–H and O–H groups in total. The third kappa shape index (κ3) is 5.23. The van der Waals surface area contributed by atoms with Gasteiger partial charge in [0.25, 0.3) is 0 Å². The van der Waals surface area contributed by atoms with Crippen molar-refractivity contribution in [2.24, 2.45) is 0 Å². The molecule has 31 heavy (non-hydrogen) atoms. The fourth-order valence-electron chi connectivity index (χ4n) is 4.09. The maximum Gasteiger partial charge on any atom is 0.224 e. The van der Waals surface area contributed by atoms with Crippen LogP contribution in [0.3, 0.4) is 0 Å². The van der Waals surface area contributed by atoms with E-state index in [1.54, 1.807) is 13.2 Å². The van der Waals surface area contributed by atoms with Gasteiger partial charge < -0.3 is 24.8 Å². The van der Waals surface area contributed by atoms with Crippen molar-refractivity contribution in [3.05, 3.63) is 47.0 Å². The molecule has 0 saturated carbocycles. The molecule has 1 saturated heterocycles. The fourth-order valence-corrected chi connectivity index (χ4v) is 4.33. The summed E-state index contributed by atoms with van der Waals surface area (Å²) in [6, 6.07) is 11.6. The highest BCUT2D eigenvalue weighted by molar-refractivity contribution is 6.32. The van der Waals surface area contributed by atoms with Crippen LogP contribution in [0, 0.1) is 0 Å². The van der Waals surface area contributed by atoms with Crippen molar-refractivity contribution in [2.45, 2.75) is 18.9 Å². The summed E-state index contributed by atoms with van der Waals surface area (Å²) in [7, 11) is 1.69. The number of methoxy groups -OCH3 is 1. The van der Waals surface area contributed by atoms with Crippen molar-refractivity contribution in [3.63, 3.8) is 0 Å². The first-order chi connectivity index (χ1) is 15.0. The van der Waals surface area contributed by atoms with Gasteiger partial charge in [-0.3, -0.25) is 9.69 Å². The number of aliphatic hydroxyl groups excluding tert-OH is 1. The molecule has 166 valence electrons. The summed E-state index contributed by atoms with van der Waals surface area (Å²) in [5, 5.41) is 13.8. The summed E-state index contributed by atoms with van der Waals surface area (Å²) in [6.07, 6.45) is 0.497. The van der Waals surface area contributed by atoms with Crippen LogP contribution in [0.1, 0.15) is 12.0 Å². The van der Waals surface area contributed by atoms with E-state index in [1.807, 2.05) is 24.3 Å². The monoisotopic (exact) mass is 445 g/mol. The first-order valence-electron chi connectivity index (χ1n) is 10.6. The number of rotatable bonds is 7. The van der Waals surface area contributed by atoms with Crippen LogP contribution in [0.25, 0.3) is 0 Å². The van der Waals surface area contributed by atoms with Crippen LogP contribution in [0.15, 0.2) is 36.4 Å². The number of aryl methyl sites for hydroxylation is 1. The molecular formula is C23H28ClN3O4. The minimum Gasteiger partial charge on any atom is -0.495 e. The number of amides is 1. The zero-order valence-corrected chi connectivity index (χ0v) is 18.4. The SMILES string of the molecule is COc1ccccc1N1CCN(CC(O)COc2cc3c(cc2Cl)CCC(=O)N3)CC1. The molecule has 0 spiro atoms. The third-order valence-electron chi connectivity index (χ3n) is 5.75. The van der Waals surface area contributed by atoms with Gasteiger partial charge in [0.2, 0.25) is 5.91 Å². The molecule has 1 unspecified atom stereocenters. The predicted molar refractivity (Wildman–Crippen MR) is 122 cm³/mol. The highest BCUT2D eigenvalue weighted by Gasteiger charge is 2.22. The number of fused-ring (bicyclic) bond motifs is 1. The Morgan fingerprint density at radius 2 is 1.90 bits per heavy atom. The standard InChI is InChI=1S/C23H28ClN3O4/c1-30-21-5-3-2-4-20(21)27-10-8-26(9-11-27)14-17(28)15-31-22-13-19-16(12-18(22)24)6-7-23(29)25-19/h2-5,12-13,17,28H,6-11,14-15H2,1H3,(H,25,29). The zero-order valence-electron chi connectivity index (χ0n) is 17.6. The van der Waals surface area contributed by atoms with Crippen molar-refractivity contribution in [1.82, 2.24) is 4.90 Å². The van der Waals surface area contributed by atoms with E-state index in [0.717, 1.165) is 48.9 Å². The van der Waals surface area contributed by atoms with Gasteiger partial charge in [-0.15, -0.1) is 0 Å². The van der Waals surface area contributed by atoms with Crippen LogP contribution in [0.2, 0.25) is 5.02 Å². The maximum absolute atomic E-state index is 11.6. The highest BCUT2D eigenvalue weighted by atomic mass is 35.5. The lowest BCUT2D eigenvalue weighted by Crippen LogP contribution is -2.49. The lowest BCUT2D eigenvalue weighted by molar-refractivity contribution is -0.116. The Morgan fingerprint density at radius 1 is 1.13 bits per heavy atom. The summed E-state index contributed by atoms with van der Waals surface area (Å²) in [5.41, 5.74) is 2.84. The lowest BCUT2D eigenvalue weighted by Gasteiger charge is -2.37. The van der Waals surface area contributed by atoms with E-state index < -0.39 is 6.10 Å². The molecule has 2 aromatic rings. The van der Waals surface area contributed by atoms with E-state index in [1.165, 1.54) is 0 Å². The topological polar surface area (TPSA) is 74.3 Å². The van der Waals surface area contributed by atoms with E-state index in [9.17, 15) is 9.90 Å². The second kappa shape index (κ2) is 9.77. The van der Waals surface area contributed by atoms with Gasteiger partial charge in [-0.1, -0.05) is 23.7 Å². The Kier molecular flexibility index (Phi) is 6.85. The smallest absolute Gasteiger partial charge is 0.224 e. The second-order valence-electron chi connectivity index (χ2n) is 7.91. The van der Waals surface area contributed by atoms with E-state index in [-0.39, 0.29) is 12.5 Å². The van der Waals surface area contributed by atoms with E-state index in [2.05, 4.69) is 21.2 Å². The molecule has 2 aliphatic heterocycles. The van der Waals surface area contributed by atoms with Gasteiger partial charge in [0, 0.05) is 50.9 Å². The summed E-state index contributed by atoms with van der Waals surface area (Å²) in [4.78, 5) is 16.2. The number of benzene rings is 2. The number of para-hydroxylation sites is 2. The minimum atomic E-state index is -0.639. The summed E-state index contributed by atoms with van der Waals surface area (Å²) in [5.74, 6) is 1.35. The zero-order chi connectivity index (χ0) is 21.8. The van der Waals surface area contributed by atoms with Crippen molar-refractivity contribution in [2.75, 3.05) is 56.7 Å². The Balaban J connectivity index is 1.27. The quantitative estimate of drug-likeness (QED) is 0.682. The van der Waals surface area contributed by atoms with Crippen LogP contribution in [0.5, 0.6) is 11.5 Å². The average molecular weight is 446 g/mol. The molecule has 0 bridgehead atoms. The number of anilines is 2. The van der Waals surface area contributed by atoms with Gasteiger partial charge in [-0.25, -0.2) is 0 Å². The number of carbonyl (C=O) groups excluding carboxylic acids is 1. The van der Waals surface area contributed by atoms with Crippen molar-refractivity contribution < 1.29 is 19.4 Å². The molecule has 1 atom stereocenters. The maximum atomic E-state index is 11.6. The molecule has 2 aromatic carbocycles. The molecule has 2 heterocycles. The Bertz CT molecular complexity index is 931. The lowest BCUT2D eigenvalue weighted by atomic mass is 10.0. The molecule has 8 heteroatoms. The number of halogens is 1. The number of ether oxygens (including phenoxy) is 2. The predicted octanol–water partition coefficient (Wildman–Crippen LogP) is 2.80. The number of piperazine rings is 1. The summed E-state index contributed by atoms with van der Waals surface area (Å²) < 4.78 is 11.2. The van der Waals surface area contributed by atoms with Crippen LogP contribution >= 0.6 is 11.6 Å². The molecule has 0 radical (unpaired) electrons. The Labute approximate surface area is 187 Å². The van der Waals surface area contributed by atoms with E-state index >= 15 is 0 Å². The number of hydrogen-bond acceptors (Lipinski definition) is 6. The van der Waals surface area contributed by atoms with Gasteiger partial charge >= 0.3 is 0 Å². The molecule has 0 aliphatic carbocycles. The number of nitrogens with zero attached hydrogens (tertiary/aromatic N) is 2. The normalized spacial score (nSPS) is 17.6. The van der Waals surface area contributed by atoms with E-state index in [4.69, 9.17) is 21.1 Å². The van der Waals surface area contributed by atoms with Crippen molar-refractivity contribution in [1.29, 1.82) is 0 Å². The molecule has 1 amide bonds. The summed E-state index contributed by atoms with van der Waals surface area (Å²) in [6.45, 7) is 4.09.